The highest BCUT2D eigenvalue weighted by Gasteiger charge is 2.30. The Hall–Kier alpha value is -2.24. The molecule has 1 atom stereocenters. The van der Waals surface area contributed by atoms with Crippen LogP contribution >= 0.6 is 0 Å². The molecule has 1 aromatic rings. The molecular formula is C14H19N3O3. The number of carbonyl (C=O) groups is 2. The topological polar surface area (TPSA) is 84.7 Å². The van der Waals surface area contributed by atoms with Gasteiger partial charge in [-0.1, -0.05) is 0 Å². The summed E-state index contributed by atoms with van der Waals surface area (Å²) in [4.78, 5) is 25.5. The number of likely N-dealkylation sites (N-methyl/N-ethyl adjacent to an activating group) is 1. The first-order valence-electron chi connectivity index (χ1n) is 6.54. The lowest BCUT2D eigenvalue weighted by Gasteiger charge is -2.26. The molecule has 0 spiro atoms. The largest absolute Gasteiger partial charge is 0.465 e. The van der Waals surface area contributed by atoms with Gasteiger partial charge in [-0.05, 0) is 31.0 Å². The number of nitrogens with two attached hydrogens (primary N) is 1. The standard InChI is InChI=1S/C14H19N3O3/c1-16-13(18)12-4-3-7-17(12)9-5-6-11(15)10(8-9)14(19)20-2/h5-6,8,12H,3-4,7,15H2,1-2H3,(H,16,18). The highest BCUT2D eigenvalue weighted by Crippen LogP contribution is 2.28. The SMILES string of the molecule is CNC(=O)C1CCCN1c1ccc(N)c(C(=O)OC)c1. The third kappa shape index (κ3) is 2.54. The summed E-state index contributed by atoms with van der Waals surface area (Å²) in [5.41, 5.74) is 7.30. The average molecular weight is 277 g/mol. The van der Waals surface area contributed by atoms with Crippen LogP contribution in [-0.2, 0) is 9.53 Å². The van der Waals surface area contributed by atoms with Crippen molar-refractivity contribution in [1.29, 1.82) is 0 Å². The predicted octanol–water partition coefficient (Wildman–Crippen LogP) is 0.770. The number of amides is 1. The Morgan fingerprint density at radius 1 is 1.45 bits per heavy atom. The molecule has 3 N–H and O–H groups in total. The second-order valence-corrected chi connectivity index (χ2v) is 4.73. The Labute approximate surface area is 117 Å². The van der Waals surface area contributed by atoms with Crippen molar-refractivity contribution < 1.29 is 14.3 Å². The summed E-state index contributed by atoms with van der Waals surface area (Å²) in [6, 6.07) is 4.97. The summed E-state index contributed by atoms with van der Waals surface area (Å²) >= 11 is 0. The van der Waals surface area contributed by atoms with Crippen LogP contribution in [-0.4, -0.2) is 38.6 Å². The number of ether oxygens (including phenoxy) is 1. The molecule has 6 nitrogen and oxygen atoms in total. The zero-order valence-electron chi connectivity index (χ0n) is 11.7. The molecule has 1 unspecified atom stereocenters. The number of carbonyl (C=O) groups excluding carboxylic acids is 2. The summed E-state index contributed by atoms with van der Waals surface area (Å²) < 4.78 is 4.71. The Morgan fingerprint density at radius 2 is 2.20 bits per heavy atom. The fourth-order valence-corrected chi connectivity index (χ4v) is 2.52. The van der Waals surface area contributed by atoms with Crippen molar-refractivity contribution in [3.63, 3.8) is 0 Å². The van der Waals surface area contributed by atoms with E-state index in [1.165, 1.54) is 7.11 Å². The van der Waals surface area contributed by atoms with E-state index in [0.29, 0.717) is 11.3 Å². The van der Waals surface area contributed by atoms with Crippen molar-refractivity contribution in [2.24, 2.45) is 0 Å². The van der Waals surface area contributed by atoms with Gasteiger partial charge in [0.25, 0.3) is 0 Å². The number of esters is 1. The molecule has 108 valence electrons. The van der Waals surface area contributed by atoms with Gasteiger partial charge in [0.1, 0.15) is 6.04 Å². The zero-order valence-corrected chi connectivity index (χ0v) is 11.7. The fourth-order valence-electron chi connectivity index (χ4n) is 2.52. The summed E-state index contributed by atoms with van der Waals surface area (Å²) in [6.45, 7) is 0.780. The van der Waals surface area contributed by atoms with Crippen molar-refractivity contribution in [2.75, 3.05) is 31.3 Å². The highest BCUT2D eigenvalue weighted by atomic mass is 16.5. The number of benzene rings is 1. The summed E-state index contributed by atoms with van der Waals surface area (Å²) in [5.74, 6) is -0.487. The lowest BCUT2D eigenvalue weighted by molar-refractivity contribution is -0.121. The number of nitrogens with one attached hydrogen (secondary N) is 1. The van der Waals surface area contributed by atoms with E-state index in [1.54, 1.807) is 19.2 Å². The maximum Gasteiger partial charge on any atom is 0.340 e. The highest BCUT2D eigenvalue weighted by molar-refractivity contribution is 5.96. The molecule has 20 heavy (non-hydrogen) atoms. The Bertz CT molecular complexity index is 530. The zero-order chi connectivity index (χ0) is 14.7. The molecule has 6 heteroatoms. The monoisotopic (exact) mass is 277 g/mol. The van der Waals surface area contributed by atoms with Crippen molar-refractivity contribution in [3.05, 3.63) is 23.8 Å². The van der Waals surface area contributed by atoms with Gasteiger partial charge < -0.3 is 20.7 Å². The molecule has 2 rings (SSSR count). The van der Waals surface area contributed by atoms with Crippen LogP contribution in [0.15, 0.2) is 18.2 Å². The maximum atomic E-state index is 11.9. The second kappa shape index (κ2) is 5.81. The molecule has 1 saturated heterocycles. The number of methoxy groups -OCH3 is 1. The van der Waals surface area contributed by atoms with Crippen LogP contribution in [0, 0.1) is 0 Å². The van der Waals surface area contributed by atoms with E-state index < -0.39 is 5.97 Å². The molecule has 1 amide bonds. The smallest absolute Gasteiger partial charge is 0.340 e. The molecule has 1 aromatic carbocycles. The van der Waals surface area contributed by atoms with Crippen LogP contribution < -0.4 is 16.0 Å². The second-order valence-electron chi connectivity index (χ2n) is 4.73. The summed E-state index contributed by atoms with van der Waals surface area (Å²) in [6.07, 6.45) is 1.74. The normalized spacial score (nSPS) is 17.9. The molecule has 0 saturated carbocycles. The van der Waals surface area contributed by atoms with E-state index in [0.717, 1.165) is 25.1 Å². The third-order valence-corrected chi connectivity index (χ3v) is 3.58. The molecule has 0 bridgehead atoms. The van der Waals surface area contributed by atoms with Crippen LogP contribution in [0.3, 0.4) is 0 Å². The lowest BCUT2D eigenvalue weighted by Crippen LogP contribution is -2.42. The molecule has 1 aliphatic rings. The van der Waals surface area contributed by atoms with Crippen LogP contribution in [0.1, 0.15) is 23.2 Å². The first-order chi connectivity index (χ1) is 9.58. The van der Waals surface area contributed by atoms with Gasteiger partial charge in [0.15, 0.2) is 0 Å². The molecule has 1 aliphatic heterocycles. The van der Waals surface area contributed by atoms with Crippen molar-refractivity contribution in [3.8, 4) is 0 Å². The number of hydrogen-bond donors (Lipinski definition) is 2. The molecule has 0 aliphatic carbocycles. The van der Waals surface area contributed by atoms with E-state index in [4.69, 9.17) is 10.5 Å². The molecule has 0 radical (unpaired) electrons. The van der Waals surface area contributed by atoms with Gasteiger partial charge in [0, 0.05) is 25.0 Å². The quantitative estimate of drug-likeness (QED) is 0.629. The molecule has 0 aromatic heterocycles. The number of nitrogens with zero attached hydrogens (tertiary/aromatic N) is 1. The van der Waals surface area contributed by atoms with Gasteiger partial charge in [-0.3, -0.25) is 4.79 Å². The van der Waals surface area contributed by atoms with Gasteiger partial charge in [-0.15, -0.1) is 0 Å². The van der Waals surface area contributed by atoms with Crippen LogP contribution in [0.5, 0.6) is 0 Å². The minimum atomic E-state index is -0.472. The van der Waals surface area contributed by atoms with Crippen LogP contribution in [0.25, 0.3) is 0 Å². The van der Waals surface area contributed by atoms with Gasteiger partial charge >= 0.3 is 5.97 Å². The Balaban J connectivity index is 2.33. The van der Waals surface area contributed by atoms with E-state index in [1.807, 2.05) is 11.0 Å². The maximum absolute atomic E-state index is 11.9. The first kappa shape index (κ1) is 14.2. The van der Waals surface area contributed by atoms with E-state index >= 15 is 0 Å². The third-order valence-electron chi connectivity index (χ3n) is 3.58. The minimum absolute atomic E-state index is 0.0149. The predicted molar refractivity (Wildman–Crippen MR) is 76.6 cm³/mol. The fraction of sp³-hybridized carbons (Fsp3) is 0.429. The van der Waals surface area contributed by atoms with Gasteiger partial charge in [-0.25, -0.2) is 4.79 Å². The number of rotatable bonds is 3. The summed E-state index contributed by atoms with van der Waals surface area (Å²) in [7, 11) is 2.94. The molecule has 1 heterocycles. The van der Waals surface area contributed by atoms with E-state index in [9.17, 15) is 9.59 Å². The van der Waals surface area contributed by atoms with Crippen LogP contribution in [0.4, 0.5) is 11.4 Å². The first-order valence-corrected chi connectivity index (χ1v) is 6.54. The van der Waals surface area contributed by atoms with Gasteiger partial charge in [-0.2, -0.15) is 0 Å². The Kier molecular flexibility index (Phi) is 4.12. The van der Waals surface area contributed by atoms with Crippen molar-refractivity contribution in [2.45, 2.75) is 18.9 Å². The Morgan fingerprint density at radius 3 is 2.85 bits per heavy atom. The summed E-state index contributed by atoms with van der Waals surface area (Å²) in [5, 5.41) is 2.67. The average Bonchev–Trinajstić information content (AvgIpc) is 2.95. The molecule has 1 fully saturated rings. The lowest BCUT2D eigenvalue weighted by atomic mass is 10.1. The van der Waals surface area contributed by atoms with Crippen molar-refractivity contribution >= 4 is 23.3 Å². The van der Waals surface area contributed by atoms with Gasteiger partial charge in [0.2, 0.25) is 5.91 Å². The van der Waals surface area contributed by atoms with Crippen LogP contribution in [0.2, 0.25) is 0 Å². The molecular weight excluding hydrogens is 258 g/mol. The minimum Gasteiger partial charge on any atom is -0.465 e. The van der Waals surface area contributed by atoms with E-state index in [-0.39, 0.29) is 11.9 Å². The van der Waals surface area contributed by atoms with E-state index in [2.05, 4.69) is 5.32 Å². The number of anilines is 2. The number of nitrogen functional groups attached to an aromatic ring is 1. The number of hydrogen-bond acceptors (Lipinski definition) is 5. The van der Waals surface area contributed by atoms with Crippen molar-refractivity contribution in [1.82, 2.24) is 5.32 Å². The van der Waals surface area contributed by atoms with Gasteiger partial charge in [0.05, 0.1) is 12.7 Å².